The molecule has 2 rings (SSSR count). The second-order valence-electron chi connectivity index (χ2n) is 3.95. The van der Waals surface area contributed by atoms with Gasteiger partial charge in [-0.25, -0.2) is 0 Å². The Morgan fingerprint density at radius 2 is 2.18 bits per heavy atom. The van der Waals surface area contributed by atoms with Crippen molar-refractivity contribution in [2.24, 2.45) is 0 Å². The first kappa shape index (κ1) is 13.0. The van der Waals surface area contributed by atoms with Gasteiger partial charge >= 0.3 is 0 Å². The molecule has 1 fully saturated rings. The lowest BCUT2D eigenvalue weighted by Crippen LogP contribution is -2.55. The maximum Gasteiger partial charge on any atom is 0.138 e. The number of halogens is 2. The van der Waals surface area contributed by atoms with E-state index in [2.05, 4.69) is 0 Å². The standard InChI is InChI=1S/C12H14Cl2O3/c1-2-16-12-9(15)6-11(12)17-10-4-3-7(13)5-8(10)14/h3-5,9,11-12,15H,2,6H2,1H3. The highest BCUT2D eigenvalue weighted by Crippen LogP contribution is 2.33. The SMILES string of the molecule is CCOC1C(O)CC1Oc1ccc(Cl)cc1Cl. The van der Waals surface area contributed by atoms with Crippen LogP contribution in [0.15, 0.2) is 18.2 Å². The van der Waals surface area contributed by atoms with Gasteiger partial charge in [-0.05, 0) is 25.1 Å². The van der Waals surface area contributed by atoms with E-state index < -0.39 is 6.10 Å². The van der Waals surface area contributed by atoms with Crippen LogP contribution in [0.25, 0.3) is 0 Å². The zero-order valence-electron chi connectivity index (χ0n) is 9.40. The molecule has 0 spiro atoms. The molecule has 17 heavy (non-hydrogen) atoms. The number of hydrogen-bond donors (Lipinski definition) is 1. The third-order valence-corrected chi connectivity index (χ3v) is 3.28. The van der Waals surface area contributed by atoms with Crippen molar-refractivity contribution in [3.8, 4) is 5.75 Å². The normalized spacial score (nSPS) is 27.6. The second kappa shape index (κ2) is 5.44. The third kappa shape index (κ3) is 2.86. The monoisotopic (exact) mass is 276 g/mol. The fourth-order valence-corrected chi connectivity index (χ4v) is 2.27. The Morgan fingerprint density at radius 3 is 2.76 bits per heavy atom. The first-order chi connectivity index (χ1) is 8.11. The molecule has 0 saturated heterocycles. The van der Waals surface area contributed by atoms with Crippen LogP contribution in [0.2, 0.25) is 10.0 Å². The summed E-state index contributed by atoms with van der Waals surface area (Å²) in [4.78, 5) is 0. The molecule has 1 aliphatic rings. The van der Waals surface area contributed by atoms with Gasteiger partial charge < -0.3 is 14.6 Å². The summed E-state index contributed by atoms with van der Waals surface area (Å²) in [6.07, 6.45) is -0.315. The maximum absolute atomic E-state index is 9.54. The maximum atomic E-state index is 9.54. The number of rotatable bonds is 4. The predicted octanol–water partition coefficient (Wildman–Crippen LogP) is 2.91. The fraction of sp³-hybridized carbons (Fsp3) is 0.500. The molecule has 3 unspecified atom stereocenters. The van der Waals surface area contributed by atoms with Crippen LogP contribution in [-0.2, 0) is 4.74 Å². The summed E-state index contributed by atoms with van der Waals surface area (Å²) in [6.45, 7) is 2.44. The summed E-state index contributed by atoms with van der Waals surface area (Å²) < 4.78 is 11.1. The van der Waals surface area contributed by atoms with Crippen molar-refractivity contribution in [3.63, 3.8) is 0 Å². The average Bonchev–Trinajstić information content (AvgIpc) is 2.28. The average molecular weight is 277 g/mol. The van der Waals surface area contributed by atoms with Crippen LogP contribution in [0.4, 0.5) is 0 Å². The van der Waals surface area contributed by atoms with Crippen LogP contribution in [0.5, 0.6) is 5.75 Å². The van der Waals surface area contributed by atoms with Crippen LogP contribution in [0.1, 0.15) is 13.3 Å². The zero-order valence-corrected chi connectivity index (χ0v) is 10.9. The zero-order chi connectivity index (χ0) is 12.4. The molecule has 1 aromatic rings. The number of hydrogen-bond acceptors (Lipinski definition) is 3. The lowest BCUT2D eigenvalue weighted by Gasteiger charge is -2.40. The van der Waals surface area contributed by atoms with Crippen molar-refractivity contribution in [2.75, 3.05) is 6.61 Å². The van der Waals surface area contributed by atoms with Crippen molar-refractivity contribution >= 4 is 23.2 Å². The molecule has 0 heterocycles. The minimum Gasteiger partial charge on any atom is -0.486 e. The summed E-state index contributed by atoms with van der Waals surface area (Å²) >= 11 is 11.8. The van der Waals surface area contributed by atoms with E-state index in [-0.39, 0.29) is 12.2 Å². The van der Waals surface area contributed by atoms with E-state index in [0.29, 0.717) is 28.8 Å². The Hall–Kier alpha value is -0.480. The topological polar surface area (TPSA) is 38.7 Å². The Kier molecular flexibility index (Phi) is 4.15. The molecule has 3 atom stereocenters. The summed E-state index contributed by atoms with van der Waals surface area (Å²) in [5, 5.41) is 10.6. The van der Waals surface area contributed by atoms with Gasteiger partial charge in [-0.2, -0.15) is 0 Å². The minimum absolute atomic E-state index is 0.149. The Balaban J connectivity index is 2.01. The quantitative estimate of drug-likeness (QED) is 0.919. The van der Waals surface area contributed by atoms with E-state index in [0.717, 1.165) is 0 Å². The van der Waals surface area contributed by atoms with E-state index in [1.165, 1.54) is 0 Å². The summed E-state index contributed by atoms with van der Waals surface area (Å²) in [6, 6.07) is 5.06. The van der Waals surface area contributed by atoms with E-state index in [9.17, 15) is 5.11 Å². The summed E-state index contributed by atoms with van der Waals surface area (Å²) in [5.74, 6) is 0.567. The summed E-state index contributed by atoms with van der Waals surface area (Å²) in [5.41, 5.74) is 0. The molecule has 1 saturated carbocycles. The lowest BCUT2D eigenvalue weighted by molar-refractivity contribution is -0.160. The van der Waals surface area contributed by atoms with Gasteiger partial charge in [0, 0.05) is 18.1 Å². The van der Waals surface area contributed by atoms with Crippen LogP contribution < -0.4 is 4.74 Å². The van der Waals surface area contributed by atoms with Crippen molar-refractivity contribution in [1.29, 1.82) is 0 Å². The Morgan fingerprint density at radius 1 is 1.41 bits per heavy atom. The molecule has 0 aromatic heterocycles. The molecule has 0 amide bonds. The third-order valence-electron chi connectivity index (χ3n) is 2.75. The molecular weight excluding hydrogens is 263 g/mol. The minimum atomic E-state index is -0.453. The fourth-order valence-electron chi connectivity index (χ4n) is 1.82. The molecule has 1 aliphatic carbocycles. The highest BCUT2D eigenvalue weighted by molar-refractivity contribution is 6.35. The number of aliphatic hydroxyl groups excluding tert-OH is 1. The first-order valence-electron chi connectivity index (χ1n) is 5.53. The van der Waals surface area contributed by atoms with Gasteiger partial charge in [0.15, 0.2) is 0 Å². The van der Waals surface area contributed by atoms with E-state index in [1.807, 2.05) is 6.92 Å². The van der Waals surface area contributed by atoms with Crippen molar-refractivity contribution < 1.29 is 14.6 Å². The van der Waals surface area contributed by atoms with E-state index >= 15 is 0 Å². The molecule has 0 radical (unpaired) electrons. The van der Waals surface area contributed by atoms with Crippen LogP contribution in [0.3, 0.4) is 0 Å². The highest BCUT2D eigenvalue weighted by Gasteiger charge is 2.42. The highest BCUT2D eigenvalue weighted by atomic mass is 35.5. The largest absolute Gasteiger partial charge is 0.486 e. The van der Waals surface area contributed by atoms with Gasteiger partial charge in [-0.1, -0.05) is 23.2 Å². The van der Waals surface area contributed by atoms with Crippen molar-refractivity contribution in [2.45, 2.75) is 31.7 Å². The lowest BCUT2D eigenvalue weighted by atomic mass is 9.88. The first-order valence-corrected chi connectivity index (χ1v) is 6.28. The van der Waals surface area contributed by atoms with Gasteiger partial charge in [0.2, 0.25) is 0 Å². The molecule has 5 heteroatoms. The van der Waals surface area contributed by atoms with Crippen LogP contribution >= 0.6 is 23.2 Å². The summed E-state index contributed by atoms with van der Waals surface area (Å²) in [7, 11) is 0. The molecule has 1 aromatic carbocycles. The number of benzene rings is 1. The van der Waals surface area contributed by atoms with Gasteiger partial charge in [-0.15, -0.1) is 0 Å². The van der Waals surface area contributed by atoms with Gasteiger partial charge in [-0.3, -0.25) is 0 Å². The molecule has 1 N–H and O–H groups in total. The predicted molar refractivity (Wildman–Crippen MR) is 66.9 cm³/mol. The molecule has 0 bridgehead atoms. The number of aliphatic hydroxyl groups is 1. The van der Waals surface area contributed by atoms with Crippen molar-refractivity contribution in [3.05, 3.63) is 28.2 Å². The van der Waals surface area contributed by atoms with E-state index in [4.69, 9.17) is 32.7 Å². The van der Waals surface area contributed by atoms with Crippen molar-refractivity contribution in [1.82, 2.24) is 0 Å². The Bertz CT molecular complexity index is 397. The molecule has 0 aliphatic heterocycles. The second-order valence-corrected chi connectivity index (χ2v) is 4.80. The Labute approximate surface area is 110 Å². The molecular formula is C12H14Cl2O3. The van der Waals surface area contributed by atoms with Crippen LogP contribution in [0, 0.1) is 0 Å². The van der Waals surface area contributed by atoms with E-state index in [1.54, 1.807) is 18.2 Å². The van der Waals surface area contributed by atoms with Crippen LogP contribution in [-0.4, -0.2) is 30.0 Å². The molecule has 3 nitrogen and oxygen atoms in total. The van der Waals surface area contributed by atoms with Gasteiger partial charge in [0.05, 0.1) is 11.1 Å². The number of ether oxygens (including phenoxy) is 2. The van der Waals surface area contributed by atoms with Gasteiger partial charge in [0.25, 0.3) is 0 Å². The molecule has 94 valence electrons. The smallest absolute Gasteiger partial charge is 0.138 e. The van der Waals surface area contributed by atoms with Gasteiger partial charge in [0.1, 0.15) is 18.0 Å².